The van der Waals surface area contributed by atoms with Gasteiger partial charge in [-0.05, 0) is 13.0 Å². The molecule has 1 aromatic heterocycles. The Morgan fingerprint density at radius 3 is 1.91 bits per heavy atom. The SMILES string of the molecule is CCCC[n+]1cccc(C)c1.N#C[P-](F)(F)(C#N)(C#N)C#N. The molecule has 1 aromatic rings. The zero-order valence-corrected chi connectivity index (χ0v) is 13.3. The molecule has 1 rings (SSSR count). The van der Waals surface area contributed by atoms with Crippen LogP contribution in [0.5, 0.6) is 0 Å². The molecule has 0 fully saturated rings. The molecule has 22 heavy (non-hydrogen) atoms. The van der Waals surface area contributed by atoms with Crippen LogP contribution in [0, 0.1) is 51.2 Å². The van der Waals surface area contributed by atoms with Gasteiger partial charge in [0.2, 0.25) is 0 Å². The van der Waals surface area contributed by atoms with E-state index < -0.39 is 6.57 Å². The topological polar surface area (TPSA) is 99.0 Å². The van der Waals surface area contributed by atoms with Gasteiger partial charge in [0.25, 0.3) is 0 Å². The molecule has 0 spiro atoms. The average Bonchev–Trinajstić information content (AvgIpc) is 2.55. The van der Waals surface area contributed by atoms with Crippen molar-refractivity contribution in [3.05, 3.63) is 30.1 Å². The summed E-state index contributed by atoms with van der Waals surface area (Å²) < 4.78 is 27.9. The third kappa shape index (κ3) is 4.75. The van der Waals surface area contributed by atoms with Crippen LogP contribution in [0.2, 0.25) is 0 Å². The average molecular weight is 323 g/mol. The Labute approximate surface area is 128 Å². The quantitative estimate of drug-likeness (QED) is 0.623. The van der Waals surface area contributed by atoms with Crippen LogP contribution in [0.1, 0.15) is 25.3 Å². The van der Waals surface area contributed by atoms with Crippen LogP contribution in [0.25, 0.3) is 0 Å². The molecule has 116 valence electrons. The molecular formula is C14H16F2N5P. The van der Waals surface area contributed by atoms with Gasteiger partial charge in [-0.15, -0.1) is 0 Å². The Balaban J connectivity index is 0.000000401. The van der Waals surface area contributed by atoms with Gasteiger partial charge in [-0.2, -0.15) is 0 Å². The molecule has 1 heterocycles. The Hall–Kier alpha value is -2.60. The standard InChI is InChI=1S/C10H16N.C4F2N4P/c1-3-4-7-11-8-5-6-10(2)9-11;5-11(6,1-7,2-8,3-9)4-10/h5-6,8-9H,3-4,7H2,1-2H3;/q+1;-1. The van der Waals surface area contributed by atoms with Crippen molar-refractivity contribution in [2.75, 3.05) is 0 Å². The van der Waals surface area contributed by atoms with Crippen molar-refractivity contribution in [1.82, 2.24) is 0 Å². The third-order valence-electron chi connectivity index (χ3n) is 2.68. The van der Waals surface area contributed by atoms with Crippen LogP contribution in [0.4, 0.5) is 8.39 Å². The summed E-state index contributed by atoms with van der Waals surface area (Å²) >= 11 is 0. The number of pyridine rings is 1. The summed E-state index contributed by atoms with van der Waals surface area (Å²) in [6.45, 7) is -2.09. The van der Waals surface area contributed by atoms with Crippen LogP contribution in [0.15, 0.2) is 24.5 Å². The van der Waals surface area contributed by atoms with E-state index >= 15 is 0 Å². The summed E-state index contributed by atoms with van der Waals surface area (Å²) in [6, 6.07) is 4.23. The first-order valence-corrected chi connectivity index (χ1v) is 8.88. The number of nitrogens with zero attached hydrogens (tertiary/aromatic N) is 5. The van der Waals surface area contributed by atoms with Crippen molar-refractivity contribution < 1.29 is 13.0 Å². The van der Waals surface area contributed by atoms with Gasteiger partial charge in [-0.3, -0.25) is 0 Å². The number of halogens is 2. The van der Waals surface area contributed by atoms with Crippen LogP contribution in [-0.2, 0) is 6.54 Å². The zero-order chi connectivity index (χ0) is 17.3. The van der Waals surface area contributed by atoms with E-state index in [4.69, 9.17) is 21.0 Å². The van der Waals surface area contributed by atoms with Gasteiger partial charge < -0.3 is 0 Å². The summed E-state index contributed by atoms with van der Waals surface area (Å²) in [5.41, 5.74) is 1.34. The van der Waals surface area contributed by atoms with E-state index in [0.29, 0.717) is 0 Å². The molecule has 0 aromatic carbocycles. The monoisotopic (exact) mass is 323 g/mol. The molecule has 0 aliphatic carbocycles. The van der Waals surface area contributed by atoms with E-state index in [1.54, 1.807) is 0 Å². The van der Waals surface area contributed by atoms with E-state index in [-0.39, 0.29) is 23.2 Å². The number of aryl methyl sites for hydroxylation is 2. The Morgan fingerprint density at radius 2 is 1.59 bits per heavy atom. The molecule has 0 radical (unpaired) electrons. The van der Waals surface area contributed by atoms with Crippen molar-refractivity contribution in [2.45, 2.75) is 33.2 Å². The minimum absolute atomic E-state index is 0.237. The molecule has 0 unspecified atom stereocenters. The number of hydrogen-bond donors (Lipinski definition) is 0. The summed E-state index contributed by atoms with van der Waals surface area (Å²) in [6.07, 6.45) is 6.85. The fourth-order valence-corrected chi connectivity index (χ4v) is 1.54. The predicted molar refractivity (Wildman–Crippen MR) is 77.9 cm³/mol. The van der Waals surface area contributed by atoms with Crippen molar-refractivity contribution >= 4 is 6.57 Å². The summed E-state index contributed by atoms with van der Waals surface area (Å²) in [5.74, 6) is 0.949. The van der Waals surface area contributed by atoms with Crippen LogP contribution >= 0.6 is 6.57 Å². The molecule has 0 atom stereocenters. The van der Waals surface area contributed by atoms with Crippen molar-refractivity contribution in [3.8, 4) is 23.2 Å². The molecule has 5 nitrogen and oxygen atoms in total. The number of aromatic nitrogens is 1. The normalized spacial score (nSPS) is 12.7. The van der Waals surface area contributed by atoms with Gasteiger partial charge in [0, 0.05) is 18.1 Å². The number of unbranched alkanes of at least 4 members (excludes halogenated alkanes) is 1. The molecule has 0 amide bonds. The fraction of sp³-hybridized carbons (Fsp3) is 0.357. The summed E-state index contributed by atoms with van der Waals surface area (Å²) in [7, 11) is 0. The first-order valence-electron chi connectivity index (χ1n) is 6.41. The van der Waals surface area contributed by atoms with Crippen LogP contribution in [-0.4, -0.2) is 0 Å². The Bertz CT molecular complexity index is 654. The van der Waals surface area contributed by atoms with Crippen LogP contribution < -0.4 is 4.57 Å². The second-order valence-corrected chi connectivity index (χ2v) is 8.41. The fourth-order valence-electron chi connectivity index (χ4n) is 1.27. The molecular weight excluding hydrogens is 307 g/mol. The summed E-state index contributed by atoms with van der Waals surface area (Å²) in [5, 5.41) is 31.6. The van der Waals surface area contributed by atoms with Crippen molar-refractivity contribution in [3.63, 3.8) is 0 Å². The Morgan fingerprint density at radius 1 is 1.09 bits per heavy atom. The number of hydrogen-bond acceptors (Lipinski definition) is 4. The van der Waals surface area contributed by atoms with Gasteiger partial charge in [-0.25, -0.2) is 4.57 Å². The van der Waals surface area contributed by atoms with Gasteiger partial charge in [0.05, 0.1) is 0 Å². The molecule has 0 aliphatic rings. The molecule has 0 bridgehead atoms. The second kappa shape index (κ2) is 6.44. The summed E-state index contributed by atoms with van der Waals surface area (Å²) in [4.78, 5) is 0. The predicted octanol–water partition coefficient (Wildman–Crippen LogP) is 3.85. The Kier molecular flexibility index (Phi) is 5.68. The number of nitriles is 4. The van der Waals surface area contributed by atoms with E-state index in [1.807, 2.05) is 0 Å². The van der Waals surface area contributed by atoms with Crippen molar-refractivity contribution in [1.29, 1.82) is 21.0 Å². The third-order valence-corrected chi connectivity index (χ3v) is 4.48. The maximum absolute atomic E-state index is 12.8. The molecule has 8 heteroatoms. The zero-order valence-electron chi connectivity index (χ0n) is 12.4. The van der Waals surface area contributed by atoms with Gasteiger partial charge in [0.15, 0.2) is 12.4 Å². The van der Waals surface area contributed by atoms with Gasteiger partial charge >= 0.3 is 59.2 Å². The molecule has 0 saturated heterocycles. The van der Waals surface area contributed by atoms with E-state index in [9.17, 15) is 8.39 Å². The minimum atomic E-state index is -7.59. The van der Waals surface area contributed by atoms with Crippen LogP contribution in [0.3, 0.4) is 0 Å². The second-order valence-electron chi connectivity index (χ2n) is 4.78. The molecule has 0 aliphatic heterocycles. The molecule has 0 N–H and O–H groups in total. The van der Waals surface area contributed by atoms with E-state index in [2.05, 4.69) is 42.9 Å². The van der Waals surface area contributed by atoms with Gasteiger partial charge in [0.1, 0.15) is 6.54 Å². The van der Waals surface area contributed by atoms with E-state index in [1.165, 1.54) is 18.4 Å². The maximum atomic E-state index is 12.8. The molecule has 0 saturated carbocycles. The van der Waals surface area contributed by atoms with E-state index in [0.717, 1.165) is 6.54 Å². The number of rotatable bonds is 3. The van der Waals surface area contributed by atoms with Gasteiger partial charge in [-0.1, -0.05) is 13.3 Å². The first kappa shape index (κ1) is 19.4. The van der Waals surface area contributed by atoms with Crippen molar-refractivity contribution in [2.24, 2.45) is 0 Å². The first-order chi connectivity index (χ1) is 10.1.